The Morgan fingerprint density at radius 3 is 2.59 bits per heavy atom. The lowest BCUT2D eigenvalue weighted by molar-refractivity contribution is 0.272. The molecular formula is C13H22N4. The van der Waals surface area contributed by atoms with E-state index in [0.717, 1.165) is 11.4 Å². The van der Waals surface area contributed by atoms with Gasteiger partial charge < -0.3 is 0 Å². The highest BCUT2D eigenvalue weighted by molar-refractivity contribution is 5.24. The molecule has 0 amide bonds. The molecule has 4 nitrogen and oxygen atoms in total. The highest BCUT2D eigenvalue weighted by Gasteiger charge is 2.25. The zero-order valence-corrected chi connectivity index (χ0v) is 10.7. The molecule has 4 heteroatoms. The van der Waals surface area contributed by atoms with Crippen molar-refractivity contribution in [1.82, 2.24) is 15.6 Å². The van der Waals surface area contributed by atoms with Crippen LogP contribution in [0.2, 0.25) is 0 Å². The minimum atomic E-state index is 0.226. The molecule has 1 saturated carbocycles. The Kier molecular flexibility index (Phi) is 4.07. The van der Waals surface area contributed by atoms with E-state index in [0.29, 0.717) is 5.92 Å². The molecule has 0 radical (unpaired) electrons. The average Bonchev–Trinajstić information content (AvgIpc) is 2.36. The van der Waals surface area contributed by atoms with Crippen molar-refractivity contribution in [2.45, 2.75) is 52.0 Å². The fourth-order valence-electron chi connectivity index (χ4n) is 2.83. The van der Waals surface area contributed by atoms with Gasteiger partial charge in [0, 0.05) is 0 Å². The van der Waals surface area contributed by atoms with Gasteiger partial charge in [-0.3, -0.25) is 11.3 Å². The number of rotatable bonds is 3. The fourth-order valence-corrected chi connectivity index (χ4v) is 2.83. The van der Waals surface area contributed by atoms with Crippen LogP contribution in [0.5, 0.6) is 0 Å². The Morgan fingerprint density at radius 2 is 1.94 bits per heavy atom. The maximum atomic E-state index is 5.76. The highest BCUT2D eigenvalue weighted by Crippen LogP contribution is 2.34. The smallest absolute Gasteiger partial charge is 0.0648 e. The van der Waals surface area contributed by atoms with Gasteiger partial charge in [-0.15, -0.1) is 0 Å². The minimum absolute atomic E-state index is 0.226. The highest BCUT2D eigenvalue weighted by atomic mass is 15.2. The van der Waals surface area contributed by atoms with Crippen LogP contribution in [0.3, 0.4) is 0 Å². The van der Waals surface area contributed by atoms with Crippen molar-refractivity contribution in [3.8, 4) is 0 Å². The van der Waals surface area contributed by atoms with Crippen LogP contribution >= 0.6 is 0 Å². The predicted octanol–water partition coefficient (Wildman–Crippen LogP) is 2.18. The third-order valence-electron chi connectivity index (χ3n) is 3.78. The van der Waals surface area contributed by atoms with Gasteiger partial charge in [-0.05, 0) is 44.2 Å². The lowest BCUT2D eigenvalue weighted by atomic mass is 9.81. The third-order valence-corrected chi connectivity index (χ3v) is 3.78. The van der Waals surface area contributed by atoms with E-state index in [1.54, 1.807) is 0 Å². The standard InChI is InChI=1S/C13H22N4/c1-9-8-12(10(2)17-16-9)13(15-14)11-6-4-3-5-7-11/h8,11,13,15H,3-7,14H2,1-2H3. The summed E-state index contributed by atoms with van der Waals surface area (Å²) >= 11 is 0. The number of hydrazine groups is 1. The molecule has 17 heavy (non-hydrogen) atoms. The van der Waals surface area contributed by atoms with Crippen molar-refractivity contribution in [1.29, 1.82) is 0 Å². The molecule has 1 aromatic heterocycles. The van der Waals surface area contributed by atoms with Crippen molar-refractivity contribution >= 4 is 0 Å². The van der Waals surface area contributed by atoms with Gasteiger partial charge in [0.25, 0.3) is 0 Å². The Labute approximate surface area is 103 Å². The SMILES string of the molecule is Cc1cc(C(NN)C2CCCCC2)c(C)nn1. The first-order valence-corrected chi connectivity index (χ1v) is 6.49. The molecule has 1 aliphatic carbocycles. The molecule has 1 atom stereocenters. The molecule has 94 valence electrons. The molecule has 0 spiro atoms. The summed E-state index contributed by atoms with van der Waals surface area (Å²) in [5, 5.41) is 8.28. The molecule has 0 bridgehead atoms. The van der Waals surface area contributed by atoms with Crippen LogP contribution < -0.4 is 11.3 Å². The van der Waals surface area contributed by atoms with Crippen molar-refractivity contribution in [2.24, 2.45) is 11.8 Å². The summed E-state index contributed by atoms with van der Waals surface area (Å²) < 4.78 is 0. The van der Waals surface area contributed by atoms with Gasteiger partial charge in [-0.2, -0.15) is 10.2 Å². The quantitative estimate of drug-likeness (QED) is 0.621. The summed E-state index contributed by atoms with van der Waals surface area (Å²) in [5.41, 5.74) is 6.15. The number of nitrogens with two attached hydrogens (primary N) is 1. The van der Waals surface area contributed by atoms with Crippen molar-refractivity contribution in [3.05, 3.63) is 23.0 Å². The number of aromatic nitrogens is 2. The number of hydrogen-bond acceptors (Lipinski definition) is 4. The first kappa shape index (κ1) is 12.5. The normalized spacial score (nSPS) is 19.2. The molecule has 1 aliphatic rings. The van der Waals surface area contributed by atoms with Crippen LogP contribution in [-0.2, 0) is 0 Å². The van der Waals surface area contributed by atoms with Gasteiger partial charge >= 0.3 is 0 Å². The summed E-state index contributed by atoms with van der Waals surface area (Å²) in [5.74, 6) is 6.39. The maximum Gasteiger partial charge on any atom is 0.0648 e. The van der Waals surface area contributed by atoms with E-state index in [-0.39, 0.29) is 6.04 Å². The number of nitrogens with zero attached hydrogens (tertiary/aromatic N) is 2. The largest absolute Gasteiger partial charge is 0.271 e. The van der Waals surface area contributed by atoms with E-state index in [2.05, 4.69) is 21.7 Å². The summed E-state index contributed by atoms with van der Waals surface area (Å²) in [6.07, 6.45) is 6.52. The van der Waals surface area contributed by atoms with Crippen LogP contribution in [0.4, 0.5) is 0 Å². The molecule has 0 aliphatic heterocycles. The van der Waals surface area contributed by atoms with Crippen LogP contribution in [0.1, 0.15) is 55.1 Å². The fraction of sp³-hybridized carbons (Fsp3) is 0.692. The zero-order chi connectivity index (χ0) is 12.3. The molecule has 1 unspecified atom stereocenters. The number of aryl methyl sites for hydroxylation is 2. The molecular weight excluding hydrogens is 212 g/mol. The topological polar surface area (TPSA) is 63.8 Å². The first-order chi connectivity index (χ1) is 8.22. The lowest BCUT2D eigenvalue weighted by Gasteiger charge is -2.30. The van der Waals surface area contributed by atoms with E-state index < -0.39 is 0 Å². The molecule has 1 fully saturated rings. The monoisotopic (exact) mass is 234 g/mol. The minimum Gasteiger partial charge on any atom is -0.271 e. The van der Waals surface area contributed by atoms with E-state index in [1.807, 2.05) is 13.8 Å². The molecule has 1 heterocycles. The van der Waals surface area contributed by atoms with Gasteiger partial charge in [0.05, 0.1) is 17.4 Å². The number of hydrogen-bond donors (Lipinski definition) is 2. The van der Waals surface area contributed by atoms with E-state index in [1.165, 1.54) is 37.7 Å². The first-order valence-electron chi connectivity index (χ1n) is 6.49. The average molecular weight is 234 g/mol. The lowest BCUT2D eigenvalue weighted by Crippen LogP contribution is -2.35. The summed E-state index contributed by atoms with van der Waals surface area (Å²) in [6, 6.07) is 2.34. The third kappa shape index (κ3) is 2.82. The molecule has 0 saturated heterocycles. The van der Waals surface area contributed by atoms with Crippen molar-refractivity contribution < 1.29 is 0 Å². The van der Waals surface area contributed by atoms with Crippen molar-refractivity contribution in [2.75, 3.05) is 0 Å². The van der Waals surface area contributed by atoms with E-state index >= 15 is 0 Å². The predicted molar refractivity (Wildman–Crippen MR) is 68.1 cm³/mol. The van der Waals surface area contributed by atoms with Gasteiger partial charge in [0.1, 0.15) is 0 Å². The van der Waals surface area contributed by atoms with Crippen LogP contribution in [0.25, 0.3) is 0 Å². The molecule has 3 N–H and O–H groups in total. The van der Waals surface area contributed by atoms with Gasteiger partial charge in [-0.1, -0.05) is 19.3 Å². The van der Waals surface area contributed by atoms with Crippen LogP contribution in [0.15, 0.2) is 6.07 Å². The van der Waals surface area contributed by atoms with Crippen LogP contribution in [0, 0.1) is 19.8 Å². The Morgan fingerprint density at radius 1 is 1.24 bits per heavy atom. The second-order valence-electron chi connectivity index (χ2n) is 5.07. The Bertz CT molecular complexity index is 372. The maximum absolute atomic E-state index is 5.76. The molecule has 2 rings (SSSR count). The molecule has 0 aromatic carbocycles. The van der Waals surface area contributed by atoms with E-state index in [4.69, 9.17) is 5.84 Å². The van der Waals surface area contributed by atoms with E-state index in [9.17, 15) is 0 Å². The summed E-state index contributed by atoms with van der Waals surface area (Å²) in [7, 11) is 0. The second-order valence-corrected chi connectivity index (χ2v) is 5.07. The summed E-state index contributed by atoms with van der Waals surface area (Å²) in [6.45, 7) is 3.99. The second kappa shape index (κ2) is 5.56. The van der Waals surface area contributed by atoms with Crippen molar-refractivity contribution in [3.63, 3.8) is 0 Å². The molecule has 1 aromatic rings. The van der Waals surface area contributed by atoms with Gasteiger partial charge in [0.2, 0.25) is 0 Å². The van der Waals surface area contributed by atoms with Crippen LogP contribution in [-0.4, -0.2) is 10.2 Å². The summed E-state index contributed by atoms with van der Waals surface area (Å²) in [4.78, 5) is 0. The van der Waals surface area contributed by atoms with Gasteiger partial charge in [0.15, 0.2) is 0 Å². The Hall–Kier alpha value is -1.00. The van der Waals surface area contributed by atoms with Gasteiger partial charge in [-0.25, -0.2) is 0 Å². The zero-order valence-electron chi connectivity index (χ0n) is 10.7. The Balaban J connectivity index is 2.24. The number of nitrogens with one attached hydrogen (secondary N) is 1.